The van der Waals surface area contributed by atoms with E-state index in [0.717, 1.165) is 44.1 Å². The van der Waals surface area contributed by atoms with Crippen molar-refractivity contribution >= 4 is 29.2 Å². The van der Waals surface area contributed by atoms with Gasteiger partial charge in [0.2, 0.25) is 5.91 Å². The normalized spacial score (nSPS) is 15.5. The van der Waals surface area contributed by atoms with E-state index in [1.54, 1.807) is 30.5 Å². The highest BCUT2D eigenvalue weighted by Crippen LogP contribution is 2.16. The molecule has 172 valence electrons. The molecule has 0 bridgehead atoms. The van der Waals surface area contributed by atoms with Crippen LogP contribution >= 0.6 is 11.6 Å². The molecule has 32 heavy (non-hydrogen) atoms. The highest BCUT2D eigenvalue weighted by Gasteiger charge is 2.25. The Labute approximate surface area is 195 Å². The number of hydrogen-bond donors (Lipinski definition) is 2. The van der Waals surface area contributed by atoms with Crippen LogP contribution in [0.2, 0.25) is 5.02 Å². The average Bonchev–Trinajstić information content (AvgIpc) is 2.81. The van der Waals surface area contributed by atoms with Crippen LogP contribution in [0.3, 0.4) is 0 Å². The van der Waals surface area contributed by atoms with Gasteiger partial charge in [0.25, 0.3) is 5.91 Å². The van der Waals surface area contributed by atoms with Gasteiger partial charge >= 0.3 is 0 Å². The Kier molecular flexibility index (Phi) is 8.47. The maximum absolute atomic E-state index is 12.8. The van der Waals surface area contributed by atoms with Crippen LogP contribution in [0.5, 0.6) is 0 Å². The fraction of sp³-hybridized carbons (Fsp3) is 0.458. The molecule has 1 aromatic heterocycles. The number of carbonyl (C=O) groups is 2. The quantitative estimate of drug-likeness (QED) is 0.637. The van der Waals surface area contributed by atoms with Gasteiger partial charge in [0.1, 0.15) is 11.9 Å². The number of aromatic nitrogens is 1. The van der Waals surface area contributed by atoms with E-state index in [0.29, 0.717) is 17.1 Å². The zero-order chi connectivity index (χ0) is 23.1. The second-order valence-electron chi connectivity index (χ2n) is 8.34. The molecule has 1 unspecified atom stereocenters. The van der Waals surface area contributed by atoms with Crippen LogP contribution in [0, 0.1) is 5.92 Å². The van der Waals surface area contributed by atoms with Crippen LogP contribution in [0.15, 0.2) is 42.6 Å². The second kappa shape index (κ2) is 11.3. The smallest absolute Gasteiger partial charge is 0.253 e. The molecule has 1 fully saturated rings. The lowest BCUT2D eigenvalue weighted by Crippen LogP contribution is -2.49. The van der Waals surface area contributed by atoms with Crippen molar-refractivity contribution in [1.82, 2.24) is 20.5 Å². The summed E-state index contributed by atoms with van der Waals surface area (Å²) in [6.07, 6.45) is 1.80. The van der Waals surface area contributed by atoms with E-state index < -0.39 is 6.04 Å². The number of hydrogen-bond acceptors (Lipinski definition) is 5. The van der Waals surface area contributed by atoms with Crippen molar-refractivity contribution in [2.24, 2.45) is 5.92 Å². The van der Waals surface area contributed by atoms with Crippen molar-refractivity contribution in [3.63, 3.8) is 0 Å². The summed E-state index contributed by atoms with van der Waals surface area (Å²) in [5.41, 5.74) is 1.27. The minimum Gasteiger partial charge on any atom is -0.354 e. The molecule has 1 aromatic carbocycles. The fourth-order valence-corrected chi connectivity index (χ4v) is 3.92. The van der Waals surface area contributed by atoms with Gasteiger partial charge in [-0.3, -0.25) is 9.59 Å². The molecule has 0 saturated carbocycles. The first-order valence-corrected chi connectivity index (χ1v) is 11.5. The van der Waals surface area contributed by atoms with Gasteiger partial charge in [0.05, 0.1) is 10.6 Å². The summed E-state index contributed by atoms with van der Waals surface area (Å²) in [5.74, 6) is 0.283. The Balaban J connectivity index is 1.55. The summed E-state index contributed by atoms with van der Waals surface area (Å²) >= 11 is 6.11. The molecule has 1 saturated heterocycles. The van der Waals surface area contributed by atoms with E-state index in [1.165, 1.54) is 0 Å². The van der Waals surface area contributed by atoms with Gasteiger partial charge in [-0.05, 0) is 36.2 Å². The number of carbonyl (C=O) groups excluding carboxylic acids is 2. The SMILES string of the molecule is CCN1CCN(c2ccc(CNC(=O)C(NC(=O)c3ccccc3Cl)C(C)C)cn2)CC1. The lowest BCUT2D eigenvalue weighted by Gasteiger charge is -2.34. The number of nitrogens with zero attached hydrogens (tertiary/aromatic N) is 3. The summed E-state index contributed by atoms with van der Waals surface area (Å²) < 4.78 is 0. The molecule has 2 heterocycles. The predicted octanol–water partition coefficient (Wildman–Crippen LogP) is 2.95. The lowest BCUT2D eigenvalue weighted by molar-refractivity contribution is -0.124. The van der Waals surface area contributed by atoms with Crippen molar-refractivity contribution in [3.05, 3.63) is 58.7 Å². The maximum atomic E-state index is 12.8. The summed E-state index contributed by atoms with van der Waals surface area (Å²) in [4.78, 5) is 34.7. The van der Waals surface area contributed by atoms with Crippen LogP contribution in [0.1, 0.15) is 36.7 Å². The first-order chi connectivity index (χ1) is 15.4. The van der Waals surface area contributed by atoms with Crippen LogP contribution in [0.4, 0.5) is 5.82 Å². The maximum Gasteiger partial charge on any atom is 0.253 e. The van der Waals surface area contributed by atoms with Gasteiger partial charge in [-0.1, -0.05) is 50.6 Å². The Morgan fingerprint density at radius 1 is 1.09 bits per heavy atom. The van der Waals surface area contributed by atoms with Gasteiger partial charge in [0, 0.05) is 38.9 Å². The largest absolute Gasteiger partial charge is 0.354 e. The zero-order valence-electron chi connectivity index (χ0n) is 19.0. The van der Waals surface area contributed by atoms with Crippen molar-refractivity contribution in [1.29, 1.82) is 0 Å². The predicted molar refractivity (Wildman–Crippen MR) is 128 cm³/mol. The molecule has 1 atom stereocenters. The molecule has 2 aromatic rings. The summed E-state index contributed by atoms with van der Waals surface area (Å²) in [5, 5.41) is 6.08. The molecule has 2 N–H and O–H groups in total. The fourth-order valence-electron chi connectivity index (χ4n) is 3.70. The van der Waals surface area contributed by atoms with E-state index in [-0.39, 0.29) is 17.7 Å². The van der Waals surface area contributed by atoms with E-state index in [2.05, 4.69) is 32.3 Å². The first kappa shape index (κ1) is 24.0. The topological polar surface area (TPSA) is 77.6 Å². The molecule has 7 nitrogen and oxygen atoms in total. The van der Waals surface area contributed by atoms with E-state index in [9.17, 15) is 9.59 Å². The third kappa shape index (κ3) is 6.20. The van der Waals surface area contributed by atoms with Gasteiger partial charge in [0.15, 0.2) is 0 Å². The Morgan fingerprint density at radius 2 is 1.81 bits per heavy atom. The van der Waals surface area contributed by atoms with Crippen LogP contribution in [-0.2, 0) is 11.3 Å². The number of nitrogens with one attached hydrogen (secondary N) is 2. The molecule has 2 amide bonds. The number of benzene rings is 1. The highest BCUT2D eigenvalue weighted by molar-refractivity contribution is 6.33. The number of anilines is 1. The molecule has 0 aliphatic carbocycles. The molecule has 8 heteroatoms. The van der Waals surface area contributed by atoms with E-state index >= 15 is 0 Å². The Bertz CT molecular complexity index is 911. The molecule has 3 rings (SSSR count). The Hall–Kier alpha value is -2.64. The van der Waals surface area contributed by atoms with Crippen LogP contribution in [-0.4, -0.2) is 60.5 Å². The van der Waals surface area contributed by atoms with Crippen LogP contribution < -0.4 is 15.5 Å². The lowest BCUT2D eigenvalue weighted by atomic mass is 10.0. The molecular weight excluding hydrogens is 426 g/mol. The molecule has 0 radical (unpaired) electrons. The third-order valence-corrected chi connectivity index (χ3v) is 6.10. The van der Waals surface area contributed by atoms with Crippen LogP contribution in [0.25, 0.3) is 0 Å². The average molecular weight is 458 g/mol. The van der Waals surface area contributed by atoms with Gasteiger partial charge in [-0.25, -0.2) is 4.98 Å². The number of rotatable bonds is 8. The summed E-state index contributed by atoms with van der Waals surface area (Å²) in [7, 11) is 0. The summed E-state index contributed by atoms with van der Waals surface area (Å²) in [6, 6.07) is 10.1. The van der Waals surface area contributed by atoms with Crippen molar-refractivity contribution in [2.45, 2.75) is 33.4 Å². The number of piperazine rings is 1. The minimum absolute atomic E-state index is 0.0799. The van der Waals surface area contributed by atoms with Crippen molar-refractivity contribution in [3.8, 4) is 0 Å². The summed E-state index contributed by atoms with van der Waals surface area (Å²) in [6.45, 7) is 11.4. The standard InChI is InChI=1S/C24H32ClN5O2/c1-4-29-11-13-30(14-12-29)21-10-9-18(15-26-21)16-27-24(32)22(17(2)3)28-23(31)19-7-5-6-8-20(19)25/h5-10,15,17,22H,4,11-14,16H2,1-3H3,(H,27,32)(H,28,31). The monoisotopic (exact) mass is 457 g/mol. The van der Waals surface area contributed by atoms with E-state index in [1.807, 2.05) is 26.0 Å². The second-order valence-corrected chi connectivity index (χ2v) is 8.75. The number of halogens is 1. The number of amides is 2. The van der Waals surface area contributed by atoms with Gasteiger partial charge < -0.3 is 20.4 Å². The first-order valence-electron chi connectivity index (χ1n) is 11.1. The zero-order valence-corrected chi connectivity index (χ0v) is 19.7. The molecule has 0 spiro atoms. The van der Waals surface area contributed by atoms with Crippen molar-refractivity contribution < 1.29 is 9.59 Å². The van der Waals surface area contributed by atoms with Gasteiger partial charge in [-0.15, -0.1) is 0 Å². The van der Waals surface area contributed by atoms with E-state index in [4.69, 9.17) is 11.6 Å². The van der Waals surface area contributed by atoms with Gasteiger partial charge in [-0.2, -0.15) is 0 Å². The minimum atomic E-state index is -0.666. The number of pyridine rings is 1. The molecule has 1 aliphatic rings. The highest BCUT2D eigenvalue weighted by atomic mass is 35.5. The Morgan fingerprint density at radius 3 is 2.41 bits per heavy atom. The third-order valence-electron chi connectivity index (χ3n) is 5.77. The number of likely N-dealkylation sites (N-methyl/N-ethyl adjacent to an activating group) is 1. The molecule has 1 aliphatic heterocycles. The van der Waals surface area contributed by atoms with Crippen molar-refractivity contribution in [2.75, 3.05) is 37.6 Å². The molecular formula is C24H32ClN5O2.